The zero-order valence-electron chi connectivity index (χ0n) is 11.4. The van der Waals surface area contributed by atoms with Crippen molar-refractivity contribution >= 4 is 37.8 Å². The lowest BCUT2D eigenvalue weighted by atomic mass is 9.94. The van der Waals surface area contributed by atoms with Crippen LogP contribution in [0.4, 0.5) is 5.13 Å². The summed E-state index contributed by atoms with van der Waals surface area (Å²) in [5, 5.41) is 2.19. The van der Waals surface area contributed by atoms with Gasteiger partial charge in [0.25, 0.3) is 10.0 Å². The van der Waals surface area contributed by atoms with Gasteiger partial charge in [-0.3, -0.25) is 4.72 Å². The van der Waals surface area contributed by atoms with E-state index in [-0.39, 0.29) is 0 Å². The minimum Gasteiger partial charge on any atom is -0.254 e. The van der Waals surface area contributed by atoms with Crippen LogP contribution in [0.25, 0.3) is 11.3 Å². The summed E-state index contributed by atoms with van der Waals surface area (Å²) in [5.74, 6) is 0. The Kier molecular flexibility index (Phi) is 3.28. The van der Waals surface area contributed by atoms with Gasteiger partial charge in [0, 0.05) is 10.4 Å². The molecule has 1 aliphatic carbocycles. The Labute approximate surface area is 136 Å². The van der Waals surface area contributed by atoms with Gasteiger partial charge >= 0.3 is 0 Å². The third-order valence-corrected chi connectivity index (χ3v) is 7.47. The van der Waals surface area contributed by atoms with Crippen molar-refractivity contribution in [3.8, 4) is 11.3 Å². The van der Waals surface area contributed by atoms with Crippen molar-refractivity contribution in [3.05, 3.63) is 52.2 Å². The minimum atomic E-state index is -3.53. The highest BCUT2D eigenvalue weighted by Crippen LogP contribution is 2.38. The Balaban J connectivity index is 1.71. The first-order valence-electron chi connectivity index (χ1n) is 6.78. The number of nitrogens with zero attached hydrogens (tertiary/aromatic N) is 1. The van der Waals surface area contributed by atoms with E-state index in [0.29, 0.717) is 9.34 Å². The second kappa shape index (κ2) is 5.19. The zero-order valence-corrected chi connectivity index (χ0v) is 13.9. The van der Waals surface area contributed by atoms with E-state index in [1.165, 1.54) is 28.2 Å². The first-order valence-corrected chi connectivity index (χ1v) is 9.96. The summed E-state index contributed by atoms with van der Waals surface area (Å²) in [7, 11) is -3.53. The molecule has 0 spiro atoms. The van der Waals surface area contributed by atoms with Crippen LogP contribution >= 0.6 is 22.7 Å². The highest BCUT2D eigenvalue weighted by Gasteiger charge is 2.23. The van der Waals surface area contributed by atoms with E-state index < -0.39 is 10.0 Å². The summed E-state index contributed by atoms with van der Waals surface area (Å²) in [6, 6.07) is 11.5. The first-order chi connectivity index (χ1) is 10.6. The molecule has 7 heteroatoms. The summed E-state index contributed by atoms with van der Waals surface area (Å²) >= 11 is 2.63. The lowest BCUT2D eigenvalue weighted by Crippen LogP contribution is -2.11. The molecule has 1 aromatic carbocycles. The summed E-state index contributed by atoms with van der Waals surface area (Å²) in [5.41, 5.74) is 3.30. The smallest absolute Gasteiger partial charge is 0.254 e. The maximum atomic E-state index is 12.3. The molecule has 3 aromatic rings. The molecule has 4 rings (SSSR count). The van der Waals surface area contributed by atoms with Gasteiger partial charge in [0.1, 0.15) is 4.21 Å². The Morgan fingerprint density at radius 1 is 1.09 bits per heavy atom. The molecule has 22 heavy (non-hydrogen) atoms. The number of benzene rings is 1. The van der Waals surface area contributed by atoms with Crippen molar-refractivity contribution < 1.29 is 8.42 Å². The van der Waals surface area contributed by atoms with Crippen LogP contribution in [0.15, 0.2) is 46.0 Å². The summed E-state index contributed by atoms with van der Waals surface area (Å²) in [4.78, 5) is 5.66. The van der Waals surface area contributed by atoms with Crippen molar-refractivity contribution in [2.24, 2.45) is 0 Å². The number of thiophene rings is 1. The third-order valence-electron chi connectivity index (χ3n) is 3.57. The predicted octanol–water partition coefficient (Wildman–Crippen LogP) is 3.77. The average molecular weight is 348 g/mol. The number of nitrogens with one attached hydrogen (secondary N) is 1. The first kappa shape index (κ1) is 13.9. The number of hydrogen-bond acceptors (Lipinski definition) is 5. The number of anilines is 1. The maximum absolute atomic E-state index is 12.3. The molecule has 2 aromatic heterocycles. The second-order valence-corrected chi connectivity index (χ2v) is 8.93. The highest BCUT2D eigenvalue weighted by molar-refractivity contribution is 7.94. The van der Waals surface area contributed by atoms with Crippen LogP contribution in [-0.2, 0) is 22.9 Å². The number of aryl methyl sites for hydroxylation is 2. The van der Waals surface area contributed by atoms with Gasteiger partial charge in [0.15, 0.2) is 5.13 Å². The van der Waals surface area contributed by atoms with Crippen molar-refractivity contribution in [2.45, 2.75) is 17.1 Å². The molecule has 1 N–H and O–H groups in total. The average Bonchev–Trinajstić information content (AvgIpc) is 3.16. The van der Waals surface area contributed by atoms with Gasteiger partial charge in [-0.25, -0.2) is 13.4 Å². The molecule has 0 saturated heterocycles. The van der Waals surface area contributed by atoms with Gasteiger partial charge in [0.2, 0.25) is 0 Å². The molecular formula is C15H12N2O2S3. The van der Waals surface area contributed by atoms with Gasteiger partial charge < -0.3 is 0 Å². The Morgan fingerprint density at radius 3 is 2.77 bits per heavy atom. The van der Waals surface area contributed by atoms with Crippen molar-refractivity contribution in [1.82, 2.24) is 4.98 Å². The number of hydrogen-bond donors (Lipinski definition) is 1. The Hall–Kier alpha value is -1.70. The fourth-order valence-corrected chi connectivity index (χ4v) is 5.78. The number of thiazole rings is 1. The molecule has 0 fully saturated rings. The third kappa shape index (κ3) is 2.35. The molecule has 0 radical (unpaired) electrons. The molecule has 0 amide bonds. The maximum Gasteiger partial charge on any atom is 0.273 e. The van der Waals surface area contributed by atoms with Crippen molar-refractivity contribution in [3.63, 3.8) is 0 Å². The molecular weight excluding hydrogens is 336 g/mol. The lowest BCUT2D eigenvalue weighted by Gasteiger charge is -2.13. The van der Waals surface area contributed by atoms with E-state index >= 15 is 0 Å². The van der Waals surface area contributed by atoms with Crippen LogP contribution in [0, 0.1) is 0 Å². The summed E-state index contributed by atoms with van der Waals surface area (Å²) in [6.45, 7) is 0. The van der Waals surface area contributed by atoms with Crippen LogP contribution < -0.4 is 4.72 Å². The van der Waals surface area contributed by atoms with E-state index in [9.17, 15) is 8.42 Å². The zero-order chi connectivity index (χ0) is 15.2. The molecule has 0 saturated carbocycles. The van der Waals surface area contributed by atoms with E-state index in [2.05, 4.69) is 15.8 Å². The minimum absolute atomic E-state index is 0.307. The normalized spacial score (nSPS) is 13.5. The molecule has 1 aliphatic rings. The largest absolute Gasteiger partial charge is 0.273 e. The van der Waals surface area contributed by atoms with Crippen LogP contribution in [0.5, 0.6) is 0 Å². The van der Waals surface area contributed by atoms with Crippen LogP contribution in [-0.4, -0.2) is 13.4 Å². The topological polar surface area (TPSA) is 59.1 Å². The second-order valence-electron chi connectivity index (χ2n) is 4.99. The number of aromatic nitrogens is 1. The SMILES string of the molecule is O=S(=O)(Nc1nc2c(s1)CCc1ccccc1-2)c1cccs1. The van der Waals surface area contributed by atoms with E-state index in [0.717, 1.165) is 29.0 Å². The number of rotatable bonds is 3. The highest BCUT2D eigenvalue weighted by atomic mass is 32.2. The van der Waals surface area contributed by atoms with E-state index in [1.54, 1.807) is 17.5 Å². The van der Waals surface area contributed by atoms with Gasteiger partial charge in [-0.2, -0.15) is 0 Å². The van der Waals surface area contributed by atoms with Crippen LogP contribution in [0.3, 0.4) is 0 Å². The fourth-order valence-electron chi connectivity index (χ4n) is 2.57. The van der Waals surface area contributed by atoms with Gasteiger partial charge in [-0.15, -0.1) is 22.7 Å². The standard InChI is InChI=1S/C15H12N2O2S3/c18-22(19,13-6-3-9-20-13)17-15-16-14-11-5-2-1-4-10(11)7-8-12(14)21-15/h1-6,9H,7-8H2,(H,16,17). The van der Waals surface area contributed by atoms with Crippen LogP contribution in [0.2, 0.25) is 0 Å². The van der Waals surface area contributed by atoms with Crippen molar-refractivity contribution in [2.75, 3.05) is 4.72 Å². The van der Waals surface area contributed by atoms with E-state index in [4.69, 9.17) is 0 Å². The Bertz CT molecular complexity index is 928. The number of fused-ring (bicyclic) bond motifs is 3. The fraction of sp³-hybridized carbons (Fsp3) is 0.133. The number of sulfonamides is 1. The molecule has 0 unspecified atom stereocenters. The molecule has 0 atom stereocenters. The molecule has 112 valence electrons. The molecule has 2 heterocycles. The summed E-state index contributed by atoms with van der Waals surface area (Å²) < 4.78 is 27.5. The summed E-state index contributed by atoms with van der Waals surface area (Å²) in [6.07, 6.45) is 1.88. The van der Waals surface area contributed by atoms with Crippen LogP contribution in [0.1, 0.15) is 10.4 Å². The van der Waals surface area contributed by atoms with E-state index in [1.807, 2.05) is 18.2 Å². The molecule has 4 nitrogen and oxygen atoms in total. The van der Waals surface area contributed by atoms with Gasteiger partial charge in [-0.1, -0.05) is 30.3 Å². The van der Waals surface area contributed by atoms with Gasteiger partial charge in [0.05, 0.1) is 5.69 Å². The monoisotopic (exact) mass is 348 g/mol. The predicted molar refractivity (Wildman–Crippen MR) is 90.1 cm³/mol. The lowest BCUT2D eigenvalue weighted by molar-refractivity contribution is 0.603. The van der Waals surface area contributed by atoms with Crippen molar-refractivity contribution in [1.29, 1.82) is 0 Å². The molecule has 0 aliphatic heterocycles. The molecule has 0 bridgehead atoms. The van der Waals surface area contributed by atoms with Gasteiger partial charge in [-0.05, 0) is 29.9 Å². The quantitative estimate of drug-likeness (QED) is 0.784. The Morgan fingerprint density at radius 2 is 1.95 bits per heavy atom.